The van der Waals surface area contributed by atoms with E-state index in [4.69, 9.17) is 0 Å². The largest absolute Gasteiger partial charge is 0.338 e. The molecule has 1 saturated heterocycles. The number of aromatic nitrogens is 2. The number of benzene rings is 1. The molecule has 2 heterocycles. The molecule has 1 N–H and O–H groups in total. The minimum absolute atomic E-state index is 0.165. The maximum absolute atomic E-state index is 13.2. The van der Waals surface area contributed by atoms with Crippen LogP contribution in [-0.4, -0.2) is 61.4 Å². The molecule has 0 bridgehead atoms. The lowest BCUT2D eigenvalue weighted by molar-refractivity contribution is -0.133. The predicted molar refractivity (Wildman–Crippen MR) is 116 cm³/mol. The molecule has 8 nitrogen and oxygen atoms in total. The van der Waals surface area contributed by atoms with Crippen molar-refractivity contribution >= 4 is 21.9 Å². The summed E-state index contributed by atoms with van der Waals surface area (Å²) in [6.07, 6.45) is 3.82. The smallest absolute Gasteiger partial charge is 0.241 e. The summed E-state index contributed by atoms with van der Waals surface area (Å²) >= 11 is 0. The third kappa shape index (κ3) is 5.54. The van der Waals surface area contributed by atoms with Crippen molar-refractivity contribution in [2.45, 2.75) is 38.1 Å². The SMILES string of the molecule is Cc1ccc(S(=O)(=O)N[C@H](CC(C)C)C(=O)N2CCN(c3ncccn3)CC2)cc1. The van der Waals surface area contributed by atoms with Crippen molar-refractivity contribution in [3.05, 3.63) is 48.3 Å². The van der Waals surface area contributed by atoms with Crippen molar-refractivity contribution in [3.63, 3.8) is 0 Å². The van der Waals surface area contributed by atoms with Crippen LogP contribution in [0.2, 0.25) is 0 Å². The zero-order chi connectivity index (χ0) is 21.7. The molecule has 1 fully saturated rings. The zero-order valence-corrected chi connectivity index (χ0v) is 18.5. The summed E-state index contributed by atoms with van der Waals surface area (Å²) < 4.78 is 28.3. The van der Waals surface area contributed by atoms with Gasteiger partial charge in [0.15, 0.2) is 0 Å². The van der Waals surface area contributed by atoms with Crippen LogP contribution >= 0.6 is 0 Å². The van der Waals surface area contributed by atoms with Crippen molar-refractivity contribution in [1.29, 1.82) is 0 Å². The summed E-state index contributed by atoms with van der Waals surface area (Å²) in [5.41, 5.74) is 0.976. The number of carbonyl (C=O) groups is 1. The predicted octanol–water partition coefficient (Wildman–Crippen LogP) is 1.83. The van der Waals surface area contributed by atoms with Crippen LogP contribution < -0.4 is 9.62 Å². The van der Waals surface area contributed by atoms with Crippen LogP contribution in [0.5, 0.6) is 0 Å². The second-order valence-corrected chi connectivity index (χ2v) is 9.69. The first-order valence-electron chi connectivity index (χ1n) is 10.2. The Hall–Kier alpha value is -2.52. The molecule has 1 aromatic heterocycles. The number of nitrogens with zero attached hydrogens (tertiary/aromatic N) is 4. The van der Waals surface area contributed by atoms with Crippen LogP contribution in [0.15, 0.2) is 47.6 Å². The summed E-state index contributed by atoms with van der Waals surface area (Å²) in [6.45, 7) is 8.06. The molecule has 0 unspecified atom stereocenters. The molecular weight excluding hydrogens is 402 g/mol. The lowest BCUT2D eigenvalue weighted by Gasteiger charge is -2.36. The molecule has 2 aromatic rings. The summed E-state index contributed by atoms with van der Waals surface area (Å²) in [4.78, 5) is 25.6. The van der Waals surface area contributed by atoms with E-state index in [0.717, 1.165) is 5.56 Å². The van der Waals surface area contributed by atoms with Gasteiger partial charge >= 0.3 is 0 Å². The Morgan fingerprint density at radius 2 is 1.67 bits per heavy atom. The minimum atomic E-state index is -3.79. The molecule has 0 aliphatic carbocycles. The highest BCUT2D eigenvalue weighted by Gasteiger charge is 2.32. The normalized spacial score (nSPS) is 16.0. The lowest BCUT2D eigenvalue weighted by Crippen LogP contribution is -2.55. The third-order valence-corrected chi connectivity index (χ3v) is 6.55. The van der Waals surface area contributed by atoms with Gasteiger partial charge in [-0.3, -0.25) is 4.79 Å². The molecule has 1 amide bonds. The van der Waals surface area contributed by atoms with Crippen LogP contribution in [0.1, 0.15) is 25.8 Å². The fourth-order valence-electron chi connectivity index (χ4n) is 3.45. The van der Waals surface area contributed by atoms with E-state index in [9.17, 15) is 13.2 Å². The molecule has 1 aliphatic heterocycles. The number of aryl methyl sites for hydroxylation is 1. The fraction of sp³-hybridized carbons (Fsp3) is 0.476. The maximum Gasteiger partial charge on any atom is 0.241 e. The van der Waals surface area contributed by atoms with Gasteiger partial charge in [-0.25, -0.2) is 18.4 Å². The molecule has 30 heavy (non-hydrogen) atoms. The van der Waals surface area contributed by atoms with E-state index < -0.39 is 16.1 Å². The van der Waals surface area contributed by atoms with E-state index in [1.54, 1.807) is 47.6 Å². The molecule has 1 atom stereocenters. The van der Waals surface area contributed by atoms with Gasteiger partial charge < -0.3 is 9.80 Å². The Morgan fingerprint density at radius 3 is 2.23 bits per heavy atom. The van der Waals surface area contributed by atoms with Gasteiger partial charge in [0, 0.05) is 38.6 Å². The molecule has 162 valence electrons. The van der Waals surface area contributed by atoms with Crippen LogP contribution in [0.3, 0.4) is 0 Å². The quantitative estimate of drug-likeness (QED) is 0.719. The number of sulfonamides is 1. The van der Waals surface area contributed by atoms with Crippen molar-refractivity contribution in [1.82, 2.24) is 19.6 Å². The van der Waals surface area contributed by atoms with Gasteiger partial charge in [0.05, 0.1) is 4.90 Å². The highest BCUT2D eigenvalue weighted by Crippen LogP contribution is 2.16. The monoisotopic (exact) mass is 431 g/mol. The van der Waals surface area contributed by atoms with Crippen LogP contribution in [-0.2, 0) is 14.8 Å². The van der Waals surface area contributed by atoms with Gasteiger partial charge in [0.25, 0.3) is 0 Å². The molecule has 0 saturated carbocycles. The van der Waals surface area contributed by atoms with E-state index in [0.29, 0.717) is 38.5 Å². The Bertz CT molecular complexity index is 940. The number of hydrogen-bond acceptors (Lipinski definition) is 6. The second-order valence-electron chi connectivity index (χ2n) is 7.98. The first-order valence-corrected chi connectivity index (χ1v) is 11.6. The summed E-state index contributed by atoms with van der Waals surface area (Å²) in [6, 6.07) is 7.59. The highest BCUT2D eigenvalue weighted by atomic mass is 32.2. The van der Waals surface area contributed by atoms with Gasteiger partial charge in [-0.05, 0) is 37.5 Å². The first-order chi connectivity index (χ1) is 14.3. The van der Waals surface area contributed by atoms with E-state index >= 15 is 0 Å². The molecule has 0 spiro atoms. The van der Waals surface area contributed by atoms with Crippen molar-refractivity contribution in [2.75, 3.05) is 31.1 Å². The number of rotatable bonds is 7. The summed E-state index contributed by atoms with van der Waals surface area (Å²) in [5.74, 6) is 0.620. The molecule has 9 heteroatoms. The number of nitrogens with one attached hydrogen (secondary N) is 1. The van der Waals surface area contributed by atoms with Gasteiger partial charge in [0.1, 0.15) is 6.04 Å². The van der Waals surface area contributed by atoms with Crippen LogP contribution in [0, 0.1) is 12.8 Å². The van der Waals surface area contributed by atoms with Gasteiger partial charge in [-0.2, -0.15) is 4.72 Å². The average molecular weight is 432 g/mol. The topological polar surface area (TPSA) is 95.5 Å². The molecule has 0 radical (unpaired) electrons. The minimum Gasteiger partial charge on any atom is -0.338 e. The lowest BCUT2D eigenvalue weighted by atomic mass is 10.0. The van der Waals surface area contributed by atoms with Gasteiger partial charge in [0.2, 0.25) is 21.9 Å². The second kappa shape index (κ2) is 9.53. The molecule has 1 aliphatic rings. The molecular formula is C21H29N5O3S. The Kier molecular flexibility index (Phi) is 7.04. The number of piperazine rings is 1. The summed E-state index contributed by atoms with van der Waals surface area (Å²) in [7, 11) is -3.79. The van der Waals surface area contributed by atoms with Crippen molar-refractivity contribution < 1.29 is 13.2 Å². The van der Waals surface area contributed by atoms with Crippen LogP contribution in [0.4, 0.5) is 5.95 Å². The Morgan fingerprint density at radius 1 is 1.07 bits per heavy atom. The Labute approximate surface area is 178 Å². The summed E-state index contributed by atoms with van der Waals surface area (Å²) in [5, 5.41) is 0. The van der Waals surface area contributed by atoms with Crippen LogP contribution in [0.25, 0.3) is 0 Å². The standard InChI is InChI=1S/C21H29N5O3S/c1-16(2)15-19(24-30(28,29)18-7-5-17(3)6-8-18)20(27)25-11-13-26(14-12-25)21-22-9-4-10-23-21/h4-10,16,19,24H,11-15H2,1-3H3/t19-/m1/s1. The van der Waals surface area contributed by atoms with Crippen molar-refractivity contribution in [3.8, 4) is 0 Å². The van der Waals surface area contributed by atoms with Crippen molar-refractivity contribution in [2.24, 2.45) is 5.92 Å². The van der Waals surface area contributed by atoms with E-state index in [1.807, 2.05) is 25.7 Å². The molecule has 1 aromatic carbocycles. The van der Waals surface area contributed by atoms with Gasteiger partial charge in [-0.1, -0.05) is 31.5 Å². The van der Waals surface area contributed by atoms with E-state index in [1.165, 1.54) is 0 Å². The zero-order valence-electron chi connectivity index (χ0n) is 17.7. The highest BCUT2D eigenvalue weighted by molar-refractivity contribution is 7.89. The van der Waals surface area contributed by atoms with E-state index in [2.05, 4.69) is 14.7 Å². The molecule has 3 rings (SSSR count). The van der Waals surface area contributed by atoms with E-state index in [-0.39, 0.29) is 16.7 Å². The average Bonchev–Trinajstić information content (AvgIpc) is 2.73. The number of carbonyl (C=O) groups excluding carboxylic acids is 1. The van der Waals surface area contributed by atoms with Gasteiger partial charge in [-0.15, -0.1) is 0 Å². The third-order valence-electron chi connectivity index (χ3n) is 5.06. The first kappa shape index (κ1) is 22.2. The number of hydrogen-bond donors (Lipinski definition) is 1. The number of anilines is 1. The maximum atomic E-state index is 13.2. The fourth-order valence-corrected chi connectivity index (χ4v) is 4.65. The Balaban J connectivity index is 1.69. The number of amides is 1.